The topological polar surface area (TPSA) is 114 Å². The van der Waals surface area contributed by atoms with Crippen molar-refractivity contribution in [1.29, 1.82) is 0 Å². The van der Waals surface area contributed by atoms with Crippen LogP contribution in [-0.4, -0.2) is 71.3 Å². The van der Waals surface area contributed by atoms with Gasteiger partial charge in [-0.3, -0.25) is 15.0 Å². The second kappa shape index (κ2) is 9.03. The highest BCUT2D eigenvalue weighted by Gasteiger charge is 2.33. The van der Waals surface area contributed by atoms with Crippen molar-refractivity contribution in [3.05, 3.63) is 46.0 Å². The number of ether oxygens (including phenoxy) is 1. The molecule has 2 aromatic rings. The van der Waals surface area contributed by atoms with Crippen molar-refractivity contribution in [2.24, 2.45) is 0 Å². The first kappa shape index (κ1) is 21.3. The summed E-state index contributed by atoms with van der Waals surface area (Å²) < 4.78 is 5.77. The second-order valence-electron chi connectivity index (χ2n) is 8.25. The Morgan fingerprint density at radius 2 is 1.71 bits per heavy atom. The van der Waals surface area contributed by atoms with E-state index in [1.54, 1.807) is 0 Å². The molecule has 3 heterocycles. The summed E-state index contributed by atoms with van der Waals surface area (Å²) in [4.78, 5) is 26.5. The van der Waals surface area contributed by atoms with Gasteiger partial charge < -0.3 is 20.3 Å². The molecule has 31 heavy (non-hydrogen) atoms. The number of hydrogen-bond acceptors (Lipinski definition) is 9. The van der Waals surface area contributed by atoms with Gasteiger partial charge in [0.25, 0.3) is 0 Å². The van der Waals surface area contributed by atoms with Crippen LogP contribution in [0.2, 0.25) is 0 Å². The van der Waals surface area contributed by atoms with E-state index in [4.69, 9.17) is 10.5 Å². The smallest absolute Gasteiger partial charge is 0.353 e. The molecule has 0 aliphatic carbocycles. The molecule has 2 fully saturated rings. The van der Waals surface area contributed by atoms with E-state index in [2.05, 4.69) is 31.9 Å². The number of nitrogens with zero attached hydrogens (tertiary/aromatic N) is 6. The third kappa shape index (κ3) is 4.86. The highest BCUT2D eigenvalue weighted by molar-refractivity contribution is 5.71. The zero-order valence-electron chi connectivity index (χ0n) is 18.0. The van der Waals surface area contributed by atoms with Crippen LogP contribution in [0.1, 0.15) is 19.4 Å². The molecule has 2 atom stereocenters. The predicted octanol–water partition coefficient (Wildman–Crippen LogP) is 1.90. The van der Waals surface area contributed by atoms with Gasteiger partial charge in [-0.15, -0.1) is 0 Å². The van der Waals surface area contributed by atoms with Crippen molar-refractivity contribution in [1.82, 2.24) is 14.9 Å². The zero-order chi connectivity index (χ0) is 22.0. The Balaban J connectivity index is 1.52. The fourth-order valence-corrected chi connectivity index (χ4v) is 4.28. The SMILES string of the molecule is C[C@@H]1CN(c2nc(N3CCN(Cc4ccccc4)CC3)nc(N)c2[N+](=O)[O-])C[C@@H](C)O1. The molecule has 2 aliphatic rings. The Labute approximate surface area is 181 Å². The number of rotatable bonds is 5. The van der Waals surface area contributed by atoms with E-state index < -0.39 is 4.92 Å². The number of aromatic nitrogens is 2. The minimum Gasteiger partial charge on any atom is -0.378 e. The first-order valence-corrected chi connectivity index (χ1v) is 10.6. The number of anilines is 3. The number of nitrogen functional groups attached to an aromatic ring is 1. The van der Waals surface area contributed by atoms with Crippen LogP contribution in [0.3, 0.4) is 0 Å². The molecule has 0 saturated carbocycles. The van der Waals surface area contributed by atoms with Gasteiger partial charge >= 0.3 is 5.69 Å². The molecule has 0 spiro atoms. The van der Waals surface area contributed by atoms with Gasteiger partial charge in [-0.1, -0.05) is 30.3 Å². The van der Waals surface area contributed by atoms with Gasteiger partial charge in [0, 0.05) is 45.8 Å². The van der Waals surface area contributed by atoms with E-state index in [1.807, 2.05) is 36.9 Å². The van der Waals surface area contributed by atoms with Crippen LogP contribution >= 0.6 is 0 Å². The quantitative estimate of drug-likeness (QED) is 0.564. The molecule has 4 rings (SSSR count). The van der Waals surface area contributed by atoms with Gasteiger partial charge in [-0.05, 0) is 19.4 Å². The minimum atomic E-state index is -0.489. The summed E-state index contributed by atoms with van der Waals surface area (Å²) in [5, 5.41) is 11.7. The summed E-state index contributed by atoms with van der Waals surface area (Å²) in [6.45, 7) is 9.02. The van der Waals surface area contributed by atoms with Crippen LogP contribution in [0, 0.1) is 10.1 Å². The van der Waals surface area contributed by atoms with Crippen LogP contribution in [0.15, 0.2) is 30.3 Å². The molecule has 10 nitrogen and oxygen atoms in total. The lowest BCUT2D eigenvalue weighted by atomic mass is 10.2. The van der Waals surface area contributed by atoms with Crippen LogP contribution in [0.5, 0.6) is 0 Å². The molecular weight excluding hydrogens is 398 g/mol. The maximum Gasteiger partial charge on any atom is 0.353 e. The maximum atomic E-state index is 11.7. The molecular formula is C21H29N7O3. The first-order chi connectivity index (χ1) is 14.9. The monoisotopic (exact) mass is 427 g/mol. The second-order valence-corrected chi connectivity index (χ2v) is 8.25. The largest absolute Gasteiger partial charge is 0.378 e. The van der Waals surface area contributed by atoms with Crippen LogP contribution in [-0.2, 0) is 11.3 Å². The van der Waals surface area contributed by atoms with Crippen molar-refractivity contribution in [3.63, 3.8) is 0 Å². The maximum absolute atomic E-state index is 11.7. The summed E-state index contributed by atoms with van der Waals surface area (Å²) in [7, 11) is 0. The Morgan fingerprint density at radius 3 is 2.32 bits per heavy atom. The van der Waals surface area contributed by atoms with E-state index in [1.165, 1.54) is 5.56 Å². The van der Waals surface area contributed by atoms with Gasteiger partial charge in [-0.2, -0.15) is 9.97 Å². The fourth-order valence-electron chi connectivity index (χ4n) is 4.28. The average molecular weight is 428 g/mol. The fraction of sp³-hybridized carbons (Fsp3) is 0.524. The van der Waals surface area contributed by atoms with Crippen LogP contribution < -0.4 is 15.5 Å². The highest BCUT2D eigenvalue weighted by atomic mass is 16.6. The van der Waals surface area contributed by atoms with Crippen molar-refractivity contribution in [2.45, 2.75) is 32.6 Å². The van der Waals surface area contributed by atoms with Gasteiger partial charge in [0.2, 0.25) is 17.6 Å². The molecule has 166 valence electrons. The van der Waals surface area contributed by atoms with Crippen molar-refractivity contribution in [3.8, 4) is 0 Å². The molecule has 10 heteroatoms. The highest BCUT2D eigenvalue weighted by Crippen LogP contribution is 2.34. The molecule has 0 amide bonds. The Hall–Kier alpha value is -2.98. The summed E-state index contributed by atoms with van der Waals surface area (Å²) in [6, 6.07) is 10.4. The number of benzene rings is 1. The first-order valence-electron chi connectivity index (χ1n) is 10.6. The average Bonchev–Trinajstić information content (AvgIpc) is 2.73. The van der Waals surface area contributed by atoms with Crippen LogP contribution in [0.4, 0.5) is 23.3 Å². The molecule has 0 radical (unpaired) electrons. The van der Waals surface area contributed by atoms with E-state index in [9.17, 15) is 10.1 Å². The lowest BCUT2D eigenvalue weighted by Crippen LogP contribution is -2.48. The number of morpholine rings is 1. The van der Waals surface area contributed by atoms with E-state index >= 15 is 0 Å². The number of piperazine rings is 1. The summed E-state index contributed by atoms with van der Waals surface area (Å²) in [5.41, 5.74) is 7.10. The van der Waals surface area contributed by atoms with Gasteiger partial charge in [0.1, 0.15) is 0 Å². The number of hydrogen-bond donors (Lipinski definition) is 1. The third-order valence-electron chi connectivity index (χ3n) is 5.69. The van der Waals surface area contributed by atoms with Crippen molar-refractivity contribution >= 4 is 23.3 Å². The van der Waals surface area contributed by atoms with Gasteiger partial charge in [-0.25, -0.2) is 0 Å². The molecule has 2 aliphatic heterocycles. The Morgan fingerprint density at radius 1 is 1.06 bits per heavy atom. The van der Waals surface area contributed by atoms with Gasteiger partial charge in [0.15, 0.2) is 0 Å². The summed E-state index contributed by atoms with van der Waals surface area (Å²) >= 11 is 0. The standard InChI is InChI=1S/C21H29N7O3/c1-15-12-27(13-16(2)31-15)20-18(28(29)30)19(22)23-21(24-20)26-10-8-25(9-11-26)14-17-6-4-3-5-7-17/h3-7,15-16H,8-14H2,1-2H3,(H2,22,23,24)/t15-,16-/m1/s1. The molecule has 0 unspecified atom stereocenters. The van der Waals surface area contributed by atoms with E-state index in [-0.39, 0.29) is 29.5 Å². The Bertz CT molecular complexity index is 909. The number of nitro groups is 1. The molecule has 1 aromatic carbocycles. The third-order valence-corrected chi connectivity index (χ3v) is 5.69. The lowest BCUT2D eigenvalue weighted by Gasteiger charge is -2.37. The summed E-state index contributed by atoms with van der Waals surface area (Å²) in [6.07, 6.45) is -0.103. The molecule has 2 N–H and O–H groups in total. The molecule has 0 bridgehead atoms. The Kier molecular flexibility index (Phi) is 6.19. The normalized spacial score (nSPS) is 22.5. The van der Waals surface area contributed by atoms with Crippen LogP contribution in [0.25, 0.3) is 0 Å². The van der Waals surface area contributed by atoms with Crippen molar-refractivity contribution in [2.75, 3.05) is 54.8 Å². The molecule has 1 aromatic heterocycles. The molecule has 2 saturated heterocycles. The summed E-state index contributed by atoms with van der Waals surface area (Å²) in [5.74, 6) is 0.633. The van der Waals surface area contributed by atoms with E-state index in [0.29, 0.717) is 19.0 Å². The zero-order valence-corrected chi connectivity index (χ0v) is 18.0. The minimum absolute atomic E-state index is 0.0514. The number of nitrogens with two attached hydrogens (primary N) is 1. The van der Waals surface area contributed by atoms with Gasteiger partial charge in [0.05, 0.1) is 17.1 Å². The van der Waals surface area contributed by atoms with E-state index in [0.717, 1.165) is 32.7 Å². The van der Waals surface area contributed by atoms with Crippen molar-refractivity contribution < 1.29 is 9.66 Å². The lowest BCUT2D eigenvalue weighted by molar-refractivity contribution is -0.383. The predicted molar refractivity (Wildman–Crippen MR) is 119 cm³/mol.